The molecule has 2 N–H and O–H groups in total. The Hall–Kier alpha value is -0.0800. The minimum atomic E-state index is 0.598. The van der Waals surface area contributed by atoms with E-state index in [1.165, 1.54) is 19.3 Å². The van der Waals surface area contributed by atoms with Crippen molar-refractivity contribution < 1.29 is 0 Å². The lowest BCUT2D eigenvalue weighted by molar-refractivity contribution is 0.425. The molecule has 0 fully saturated rings. The summed E-state index contributed by atoms with van der Waals surface area (Å²) in [5, 5.41) is 6.99. The number of nitrogens with one attached hydrogen (secondary N) is 2. The summed E-state index contributed by atoms with van der Waals surface area (Å²) >= 11 is 0. The molecule has 2 nitrogen and oxygen atoms in total. The fraction of sp³-hybridized carbons (Fsp3) is 1.00. The van der Waals surface area contributed by atoms with Crippen LogP contribution >= 0.6 is 0 Å². The van der Waals surface area contributed by atoms with E-state index < -0.39 is 0 Å². The highest BCUT2D eigenvalue weighted by Crippen LogP contribution is 2.02. The molecule has 0 aromatic heterocycles. The first-order valence-electron chi connectivity index (χ1n) is 6.14. The number of hydrogen-bond donors (Lipinski definition) is 2. The van der Waals surface area contributed by atoms with E-state index in [0.717, 1.165) is 25.6 Å². The third-order valence-electron chi connectivity index (χ3n) is 2.47. The molecular weight excluding hydrogens is 172 g/mol. The molecule has 86 valence electrons. The van der Waals surface area contributed by atoms with E-state index in [-0.39, 0.29) is 0 Å². The second kappa shape index (κ2) is 9.47. The topological polar surface area (TPSA) is 24.1 Å². The molecule has 2 unspecified atom stereocenters. The number of rotatable bonds is 9. The van der Waals surface area contributed by atoms with Crippen LogP contribution in [-0.2, 0) is 0 Å². The van der Waals surface area contributed by atoms with E-state index in [1.54, 1.807) is 0 Å². The van der Waals surface area contributed by atoms with E-state index in [0.29, 0.717) is 6.04 Å². The van der Waals surface area contributed by atoms with Crippen LogP contribution in [0.4, 0.5) is 0 Å². The quantitative estimate of drug-likeness (QED) is 0.559. The minimum Gasteiger partial charge on any atom is -0.315 e. The minimum absolute atomic E-state index is 0.598. The van der Waals surface area contributed by atoms with Gasteiger partial charge in [0, 0.05) is 12.6 Å². The molecule has 0 spiro atoms. The van der Waals surface area contributed by atoms with Gasteiger partial charge < -0.3 is 10.6 Å². The first-order valence-corrected chi connectivity index (χ1v) is 6.14. The van der Waals surface area contributed by atoms with Crippen LogP contribution in [0, 0.1) is 5.92 Å². The van der Waals surface area contributed by atoms with Gasteiger partial charge in [0.1, 0.15) is 0 Å². The Morgan fingerprint density at radius 2 is 1.71 bits per heavy atom. The average Bonchev–Trinajstić information content (AvgIpc) is 2.16. The van der Waals surface area contributed by atoms with Gasteiger partial charge in [0.05, 0.1) is 0 Å². The third kappa shape index (κ3) is 8.52. The van der Waals surface area contributed by atoms with Crippen molar-refractivity contribution in [3.05, 3.63) is 0 Å². The van der Waals surface area contributed by atoms with Gasteiger partial charge >= 0.3 is 0 Å². The molecular formula is C12H28N2. The molecule has 0 aliphatic heterocycles. The van der Waals surface area contributed by atoms with Crippen LogP contribution in [0.15, 0.2) is 0 Å². The first-order chi connectivity index (χ1) is 6.70. The Kier molecular flexibility index (Phi) is 9.42. The van der Waals surface area contributed by atoms with E-state index in [2.05, 4.69) is 38.3 Å². The second-order valence-corrected chi connectivity index (χ2v) is 4.41. The monoisotopic (exact) mass is 200 g/mol. The first kappa shape index (κ1) is 13.9. The fourth-order valence-corrected chi connectivity index (χ4v) is 1.56. The molecule has 0 aliphatic carbocycles. The summed E-state index contributed by atoms with van der Waals surface area (Å²) in [6.45, 7) is 12.4. The van der Waals surface area contributed by atoms with E-state index in [1.807, 2.05) is 0 Å². The summed E-state index contributed by atoms with van der Waals surface area (Å²) in [7, 11) is 0. The Bertz CT molecular complexity index is 115. The molecule has 0 radical (unpaired) electrons. The zero-order valence-corrected chi connectivity index (χ0v) is 10.4. The largest absolute Gasteiger partial charge is 0.315 e. The normalized spacial score (nSPS) is 15.4. The van der Waals surface area contributed by atoms with Crippen LogP contribution in [0.5, 0.6) is 0 Å². The van der Waals surface area contributed by atoms with Crippen LogP contribution in [0.2, 0.25) is 0 Å². The van der Waals surface area contributed by atoms with Crippen molar-refractivity contribution in [2.75, 3.05) is 19.6 Å². The fourth-order valence-electron chi connectivity index (χ4n) is 1.56. The van der Waals surface area contributed by atoms with Gasteiger partial charge in [-0.2, -0.15) is 0 Å². The van der Waals surface area contributed by atoms with Crippen molar-refractivity contribution in [1.29, 1.82) is 0 Å². The Balaban J connectivity index is 3.29. The second-order valence-electron chi connectivity index (χ2n) is 4.41. The predicted molar refractivity (Wildman–Crippen MR) is 64.7 cm³/mol. The van der Waals surface area contributed by atoms with Gasteiger partial charge in [-0.15, -0.1) is 0 Å². The summed E-state index contributed by atoms with van der Waals surface area (Å²) in [6, 6.07) is 0.598. The van der Waals surface area contributed by atoms with Crippen LogP contribution in [0.25, 0.3) is 0 Å². The average molecular weight is 200 g/mol. The van der Waals surface area contributed by atoms with Crippen molar-refractivity contribution in [2.45, 2.75) is 53.0 Å². The molecule has 0 aliphatic rings. The molecule has 0 aromatic carbocycles. The molecule has 14 heavy (non-hydrogen) atoms. The van der Waals surface area contributed by atoms with Crippen molar-refractivity contribution in [2.24, 2.45) is 5.92 Å². The molecule has 0 rings (SSSR count). The van der Waals surface area contributed by atoms with Crippen LogP contribution in [0.1, 0.15) is 47.0 Å². The molecule has 0 saturated carbocycles. The van der Waals surface area contributed by atoms with Crippen LogP contribution in [0.3, 0.4) is 0 Å². The zero-order valence-electron chi connectivity index (χ0n) is 10.4. The highest BCUT2D eigenvalue weighted by atomic mass is 15.0. The maximum atomic E-state index is 3.56. The Morgan fingerprint density at radius 3 is 2.29 bits per heavy atom. The molecule has 2 atom stereocenters. The summed E-state index contributed by atoms with van der Waals surface area (Å²) in [4.78, 5) is 0. The van der Waals surface area contributed by atoms with Crippen molar-refractivity contribution in [3.8, 4) is 0 Å². The van der Waals surface area contributed by atoms with Gasteiger partial charge in [-0.1, -0.05) is 27.2 Å². The summed E-state index contributed by atoms with van der Waals surface area (Å²) < 4.78 is 0. The zero-order chi connectivity index (χ0) is 10.8. The van der Waals surface area contributed by atoms with E-state index in [9.17, 15) is 0 Å². The Labute approximate surface area is 89.9 Å². The number of hydrogen-bond acceptors (Lipinski definition) is 2. The molecule has 0 saturated heterocycles. The van der Waals surface area contributed by atoms with Crippen molar-refractivity contribution in [3.63, 3.8) is 0 Å². The highest BCUT2D eigenvalue weighted by molar-refractivity contribution is 4.65. The third-order valence-corrected chi connectivity index (χ3v) is 2.47. The van der Waals surface area contributed by atoms with E-state index >= 15 is 0 Å². The predicted octanol–water partition coefficient (Wildman–Crippen LogP) is 2.40. The highest BCUT2D eigenvalue weighted by Gasteiger charge is 2.03. The lowest BCUT2D eigenvalue weighted by Crippen LogP contribution is -2.38. The maximum Gasteiger partial charge on any atom is 0.0164 e. The summed E-state index contributed by atoms with van der Waals surface area (Å²) in [5.74, 6) is 0.814. The molecule has 0 aromatic rings. The van der Waals surface area contributed by atoms with E-state index in [4.69, 9.17) is 0 Å². The maximum absolute atomic E-state index is 3.56. The van der Waals surface area contributed by atoms with Gasteiger partial charge in [0.2, 0.25) is 0 Å². The summed E-state index contributed by atoms with van der Waals surface area (Å²) in [6.07, 6.45) is 3.85. The lowest BCUT2D eigenvalue weighted by atomic mass is 10.1. The van der Waals surface area contributed by atoms with Gasteiger partial charge in [-0.3, -0.25) is 0 Å². The van der Waals surface area contributed by atoms with Crippen molar-refractivity contribution >= 4 is 0 Å². The Morgan fingerprint density at radius 1 is 1.00 bits per heavy atom. The van der Waals surface area contributed by atoms with Crippen LogP contribution < -0.4 is 10.6 Å². The smallest absolute Gasteiger partial charge is 0.0164 e. The molecule has 0 heterocycles. The van der Waals surface area contributed by atoms with Crippen molar-refractivity contribution in [1.82, 2.24) is 10.6 Å². The van der Waals surface area contributed by atoms with Gasteiger partial charge in [-0.25, -0.2) is 0 Å². The van der Waals surface area contributed by atoms with Gasteiger partial charge in [0.25, 0.3) is 0 Å². The molecule has 2 heteroatoms. The SMILES string of the molecule is CCCNCC(C)NCC(C)CCC. The van der Waals surface area contributed by atoms with Gasteiger partial charge in [-0.05, 0) is 38.8 Å². The summed E-state index contributed by atoms with van der Waals surface area (Å²) in [5.41, 5.74) is 0. The molecule has 0 bridgehead atoms. The lowest BCUT2D eigenvalue weighted by Gasteiger charge is -2.17. The van der Waals surface area contributed by atoms with Crippen LogP contribution in [-0.4, -0.2) is 25.7 Å². The van der Waals surface area contributed by atoms with Gasteiger partial charge in [0.15, 0.2) is 0 Å². The standard InChI is InChI=1S/C12H28N2/c1-5-7-11(3)9-14-12(4)10-13-8-6-2/h11-14H,5-10H2,1-4H3. The molecule has 0 amide bonds.